The van der Waals surface area contributed by atoms with Crippen molar-refractivity contribution in [3.63, 3.8) is 0 Å². The lowest BCUT2D eigenvalue weighted by molar-refractivity contribution is -0.142. The summed E-state index contributed by atoms with van der Waals surface area (Å²) in [6.45, 7) is 0. The van der Waals surface area contributed by atoms with Crippen molar-refractivity contribution in [1.82, 2.24) is 56.5 Å². The van der Waals surface area contributed by atoms with Crippen LogP contribution in [0.1, 0.15) is 55.6 Å². The van der Waals surface area contributed by atoms with E-state index in [-0.39, 0.29) is 56.3 Å². The van der Waals surface area contributed by atoms with Crippen LogP contribution in [0.15, 0.2) is 37.6 Å². The number of primary amides is 3. The zero-order valence-electron chi connectivity index (χ0n) is 31.1. The molecule has 3 heterocycles. The van der Waals surface area contributed by atoms with Crippen LogP contribution in [0.25, 0.3) is 0 Å². The summed E-state index contributed by atoms with van der Waals surface area (Å²) >= 11 is 0. The van der Waals surface area contributed by atoms with Gasteiger partial charge in [-0.2, -0.15) is 0 Å². The summed E-state index contributed by atoms with van der Waals surface area (Å²) in [5.41, 5.74) is 22.8. The maximum Gasteiger partial charge on any atom is 0.326 e. The summed E-state index contributed by atoms with van der Waals surface area (Å²) in [6, 6.07) is -8.75. The summed E-state index contributed by atoms with van der Waals surface area (Å²) in [7, 11) is 0. The minimum absolute atomic E-state index is 0.00190. The monoisotopic (exact) mass is 813 g/mol. The number of carbonyl (C=O) groups is 9. The summed E-state index contributed by atoms with van der Waals surface area (Å²) < 4.78 is 0. The Kier molecular flexibility index (Phi) is 17.5. The van der Waals surface area contributed by atoms with Crippen LogP contribution in [0.3, 0.4) is 0 Å². The molecule has 0 bridgehead atoms. The normalized spacial score (nSPS) is 14.0. The van der Waals surface area contributed by atoms with E-state index in [9.17, 15) is 48.3 Å². The number of aromatic amines is 3. The second-order valence-electron chi connectivity index (χ2n) is 13.1. The first-order valence-corrected chi connectivity index (χ1v) is 17.8. The number of nitrogens with zero attached hydrogens (tertiary/aromatic N) is 3. The Bertz CT molecular complexity index is 1870. The van der Waals surface area contributed by atoms with Gasteiger partial charge in [-0.1, -0.05) is 0 Å². The molecule has 0 fully saturated rings. The maximum atomic E-state index is 13.9. The van der Waals surface area contributed by atoms with Gasteiger partial charge in [-0.05, 0) is 19.3 Å². The number of amides is 8. The van der Waals surface area contributed by atoms with Gasteiger partial charge in [-0.25, -0.2) is 19.7 Å². The first-order chi connectivity index (χ1) is 27.5. The Morgan fingerprint density at radius 3 is 1.16 bits per heavy atom. The third-order valence-electron chi connectivity index (χ3n) is 8.44. The molecule has 17 N–H and O–H groups in total. The SMILES string of the molecule is NC(=O)CC[C@H](NC(=O)[C@H](Cc1c[nH]cn1)NC(=O)[C@H](CCC(N)=O)NC(=O)[C@H](Cc1c[nH]cn1)NC(=O)[C@H](CCC(N)=O)NC(=O)[C@@H](N)Cc1c[nH]cn1)C(=O)O. The predicted molar refractivity (Wildman–Crippen MR) is 197 cm³/mol. The molecule has 0 saturated carbocycles. The number of carbonyl (C=O) groups excluding carboxylic acids is 8. The van der Waals surface area contributed by atoms with Gasteiger partial charge in [-0.15, -0.1) is 0 Å². The van der Waals surface area contributed by atoms with Crippen LogP contribution in [-0.2, 0) is 62.4 Å². The first kappa shape index (κ1) is 45.2. The molecule has 25 heteroatoms. The molecular weight excluding hydrogens is 766 g/mol. The highest BCUT2D eigenvalue weighted by Crippen LogP contribution is 2.09. The van der Waals surface area contributed by atoms with Crippen molar-refractivity contribution in [3.05, 3.63) is 54.7 Å². The van der Waals surface area contributed by atoms with E-state index in [4.69, 9.17) is 22.9 Å². The number of aromatic nitrogens is 6. The van der Waals surface area contributed by atoms with E-state index >= 15 is 0 Å². The van der Waals surface area contributed by atoms with E-state index in [0.29, 0.717) is 5.69 Å². The van der Waals surface area contributed by atoms with Crippen LogP contribution >= 0.6 is 0 Å². The van der Waals surface area contributed by atoms with Crippen LogP contribution in [0.5, 0.6) is 0 Å². The van der Waals surface area contributed by atoms with Gasteiger partial charge in [-0.3, -0.25) is 38.4 Å². The van der Waals surface area contributed by atoms with E-state index in [1.165, 1.54) is 37.6 Å². The molecule has 8 amide bonds. The second-order valence-corrected chi connectivity index (χ2v) is 13.1. The highest BCUT2D eigenvalue weighted by molar-refractivity contribution is 5.97. The molecule has 314 valence electrons. The second kappa shape index (κ2) is 22.4. The number of hydrogen-bond acceptors (Lipinski definition) is 13. The van der Waals surface area contributed by atoms with E-state index in [2.05, 4.69) is 56.5 Å². The molecule has 6 atom stereocenters. The Balaban J connectivity index is 1.86. The number of hydrogen-bond donors (Lipinski definition) is 13. The van der Waals surface area contributed by atoms with Gasteiger partial charge in [0.15, 0.2) is 0 Å². The van der Waals surface area contributed by atoms with Gasteiger partial charge in [0.2, 0.25) is 47.3 Å². The van der Waals surface area contributed by atoms with Gasteiger partial charge >= 0.3 is 5.97 Å². The fourth-order valence-electron chi connectivity index (χ4n) is 5.39. The number of imidazole rings is 3. The van der Waals surface area contributed by atoms with Crippen molar-refractivity contribution < 1.29 is 48.3 Å². The Morgan fingerprint density at radius 2 is 0.810 bits per heavy atom. The third kappa shape index (κ3) is 15.5. The molecule has 3 rings (SSSR count). The molecule has 0 aliphatic rings. The molecule has 58 heavy (non-hydrogen) atoms. The minimum atomic E-state index is -1.58. The van der Waals surface area contributed by atoms with Crippen molar-refractivity contribution in [3.8, 4) is 0 Å². The van der Waals surface area contributed by atoms with Crippen LogP contribution in [0.2, 0.25) is 0 Å². The molecule has 0 radical (unpaired) electrons. The fraction of sp³-hybridized carbons (Fsp3) is 0.455. The predicted octanol–water partition coefficient (Wildman–Crippen LogP) is -5.48. The van der Waals surface area contributed by atoms with Crippen LogP contribution < -0.4 is 49.5 Å². The van der Waals surface area contributed by atoms with E-state index in [1.54, 1.807) is 0 Å². The largest absolute Gasteiger partial charge is 0.480 e. The van der Waals surface area contributed by atoms with Crippen LogP contribution in [0.4, 0.5) is 0 Å². The number of aliphatic carboxylic acids is 1. The molecular formula is C33H47N15O10. The van der Waals surface area contributed by atoms with Crippen molar-refractivity contribution in [2.45, 2.75) is 94.0 Å². The van der Waals surface area contributed by atoms with Gasteiger partial charge in [0, 0.05) is 57.1 Å². The van der Waals surface area contributed by atoms with Gasteiger partial charge in [0.05, 0.1) is 42.1 Å². The summed E-state index contributed by atoms with van der Waals surface area (Å²) in [5, 5.41) is 21.7. The number of H-pyrrole nitrogens is 3. The molecule has 0 aliphatic heterocycles. The van der Waals surface area contributed by atoms with Crippen LogP contribution in [0, 0.1) is 0 Å². The lowest BCUT2D eigenvalue weighted by Gasteiger charge is -2.27. The lowest BCUT2D eigenvalue weighted by Crippen LogP contribution is -2.60. The average Bonchev–Trinajstić information content (AvgIpc) is 3.98. The van der Waals surface area contributed by atoms with Crippen molar-refractivity contribution in [2.75, 3.05) is 0 Å². The Labute approximate surface area is 329 Å². The van der Waals surface area contributed by atoms with E-state index < -0.39 is 102 Å². The van der Waals surface area contributed by atoms with Crippen molar-refractivity contribution in [1.29, 1.82) is 0 Å². The highest BCUT2D eigenvalue weighted by Gasteiger charge is 2.34. The molecule has 0 aliphatic carbocycles. The highest BCUT2D eigenvalue weighted by atomic mass is 16.4. The average molecular weight is 814 g/mol. The molecule has 0 spiro atoms. The molecule has 0 saturated heterocycles. The number of carboxylic acid groups (broad SMARTS) is 1. The molecule has 3 aromatic heterocycles. The number of nitrogens with one attached hydrogen (secondary N) is 8. The van der Waals surface area contributed by atoms with Crippen molar-refractivity contribution >= 4 is 53.2 Å². The smallest absolute Gasteiger partial charge is 0.326 e. The number of rotatable bonds is 26. The standard InChI is InChI=1S/C33H47N15O10/c34-19(7-16-10-38-13-41-16)28(52)44-20(1-4-25(35)49)29(53)47-23(8-17-11-39-14-42-17)31(55)45-21(2-5-26(36)50)30(54)48-24(9-18-12-40-15-43-18)32(56)46-22(33(57)58)3-6-27(37)51/h10-15,19-24H,1-9,34H2,(H2,35,49)(H2,36,50)(H2,37,51)(H,38,41)(H,39,42)(H,40,43)(H,44,52)(H,45,55)(H,46,56)(H,47,53)(H,48,54)(H,57,58)/t19-,20-,21-,22-,23-,24-/m0/s1. The Hall–Kier alpha value is -7.18. The molecule has 25 nitrogen and oxygen atoms in total. The first-order valence-electron chi connectivity index (χ1n) is 17.8. The van der Waals surface area contributed by atoms with Crippen molar-refractivity contribution in [2.24, 2.45) is 22.9 Å². The van der Waals surface area contributed by atoms with E-state index in [1.807, 2.05) is 0 Å². The molecule has 3 aromatic rings. The molecule has 0 aromatic carbocycles. The lowest BCUT2D eigenvalue weighted by atomic mass is 10.0. The fourth-order valence-corrected chi connectivity index (χ4v) is 5.39. The molecule has 0 unspecified atom stereocenters. The van der Waals surface area contributed by atoms with Gasteiger partial charge < -0.3 is 69.6 Å². The summed E-state index contributed by atoms with van der Waals surface area (Å²) in [5.74, 6) is -8.64. The number of nitrogens with two attached hydrogens (primary N) is 4. The minimum Gasteiger partial charge on any atom is -0.480 e. The number of carboxylic acids is 1. The maximum absolute atomic E-state index is 13.9. The third-order valence-corrected chi connectivity index (χ3v) is 8.44. The van der Waals surface area contributed by atoms with Gasteiger partial charge in [0.25, 0.3) is 0 Å². The topological polar surface area (TPSA) is 424 Å². The zero-order chi connectivity index (χ0) is 42.8. The van der Waals surface area contributed by atoms with Crippen LogP contribution in [-0.4, -0.2) is 124 Å². The zero-order valence-corrected chi connectivity index (χ0v) is 31.1. The van der Waals surface area contributed by atoms with Gasteiger partial charge in [0.1, 0.15) is 30.2 Å². The summed E-state index contributed by atoms with van der Waals surface area (Å²) in [4.78, 5) is 135. The quantitative estimate of drug-likeness (QED) is 0.0360. The van der Waals surface area contributed by atoms with E-state index in [0.717, 1.165) is 0 Å². The summed E-state index contributed by atoms with van der Waals surface area (Å²) in [6.07, 6.45) is 5.62. The Morgan fingerprint density at radius 1 is 0.500 bits per heavy atom.